The fraction of sp³-hybridized carbons (Fsp3) is 0.692. The van der Waals surface area contributed by atoms with E-state index in [1.54, 1.807) is 7.11 Å². The van der Waals surface area contributed by atoms with Gasteiger partial charge in [-0.3, -0.25) is 0 Å². The maximum atomic E-state index is 5.52. The Morgan fingerprint density at radius 3 is 2.78 bits per heavy atom. The molecule has 1 heterocycles. The topological polar surface area (TPSA) is 56.3 Å². The smallest absolute Gasteiger partial charge is 0.226 e. The molecule has 0 bridgehead atoms. The monoisotopic (exact) mass is 253 g/mol. The third kappa shape index (κ3) is 5.31. The second-order valence-corrected chi connectivity index (χ2v) is 4.35. The second kappa shape index (κ2) is 7.87. The van der Waals surface area contributed by atoms with Gasteiger partial charge in [0, 0.05) is 31.5 Å². The van der Waals surface area contributed by atoms with Crippen molar-refractivity contribution < 1.29 is 9.47 Å². The van der Waals surface area contributed by atoms with E-state index in [-0.39, 0.29) is 6.04 Å². The van der Waals surface area contributed by atoms with Crippen molar-refractivity contribution in [2.45, 2.75) is 39.7 Å². The molecule has 1 atom stereocenters. The van der Waals surface area contributed by atoms with Crippen LogP contribution in [-0.2, 0) is 4.74 Å². The lowest BCUT2D eigenvalue weighted by Gasteiger charge is -2.14. The highest BCUT2D eigenvalue weighted by Gasteiger charge is 2.07. The molecule has 1 aromatic rings. The summed E-state index contributed by atoms with van der Waals surface area (Å²) in [6.07, 6.45) is 1.88. The van der Waals surface area contributed by atoms with E-state index < -0.39 is 0 Å². The van der Waals surface area contributed by atoms with Gasteiger partial charge >= 0.3 is 0 Å². The molecule has 1 rings (SSSR count). The largest absolute Gasteiger partial charge is 0.478 e. The minimum atomic E-state index is 0.269. The molecule has 5 nitrogen and oxygen atoms in total. The summed E-state index contributed by atoms with van der Waals surface area (Å²) >= 11 is 0. The van der Waals surface area contributed by atoms with E-state index in [1.807, 2.05) is 13.0 Å². The minimum absolute atomic E-state index is 0.269. The molecule has 0 aliphatic carbocycles. The number of nitrogens with zero attached hydrogens (tertiary/aromatic N) is 2. The molecule has 1 unspecified atom stereocenters. The predicted octanol–water partition coefficient (Wildman–Crippen LogP) is 2.41. The Labute approximate surface area is 109 Å². The van der Waals surface area contributed by atoms with Crippen molar-refractivity contribution in [2.24, 2.45) is 0 Å². The fourth-order valence-electron chi connectivity index (χ4n) is 1.47. The van der Waals surface area contributed by atoms with Crippen LogP contribution in [0.15, 0.2) is 6.07 Å². The number of aromatic nitrogens is 2. The maximum absolute atomic E-state index is 5.52. The first kappa shape index (κ1) is 14.7. The van der Waals surface area contributed by atoms with Crippen LogP contribution in [-0.4, -0.2) is 36.3 Å². The first-order chi connectivity index (χ1) is 8.65. The van der Waals surface area contributed by atoms with Crippen LogP contribution >= 0.6 is 0 Å². The Morgan fingerprint density at radius 1 is 1.33 bits per heavy atom. The number of rotatable bonds is 8. The number of methoxy groups -OCH3 is 1. The lowest BCUT2D eigenvalue weighted by atomic mass is 10.2. The van der Waals surface area contributed by atoms with Crippen LogP contribution in [0.1, 0.15) is 32.4 Å². The molecule has 102 valence electrons. The average Bonchev–Trinajstić information content (AvgIpc) is 2.33. The number of anilines is 1. The van der Waals surface area contributed by atoms with Crippen LogP contribution in [0.5, 0.6) is 5.88 Å². The lowest BCUT2D eigenvalue weighted by molar-refractivity contribution is 0.191. The highest BCUT2D eigenvalue weighted by atomic mass is 16.5. The Hall–Kier alpha value is -1.36. The lowest BCUT2D eigenvalue weighted by Crippen LogP contribution is -2.19. The molecule has 0 fully saturated rings. The Morgan fingerprint density at radius 2 is 2.11 bits per heavy atom. The summed E-state index contributed by atoms with van der Waals surface area (Å²) in [5.41, 5.74) is 0.901. The summed E-state index contributed by atoms with van der Waals surface area (Å²) < 4.78 is 10.6. The van der Waals surface area contributed by atoms with Gasteiger partial charge in [-0.25, -0.2) is 4.98 Å². The van der Waals surface area contributed by atoms with Gasteiger partial charge in [-0.05, 0) is 26.7 Å². The second-order valence-electron chi connectivity index (χ2n) is 4.35. The average molecular weight is 253 g/mol. The van der Waals surface area contributed by atoms with Gasteiger partial charge in [0.05, 0.1) is 6.61 Å². The zero-order valence-electron chi connectivity index (χ0n) is 11.7. The third-order valence-electron chi connectivity index (χ3n) is 2.42. The van der Waals surface area contributed by atoms with Crippen LogP contribution < -0.4 is 10.1 Å². The van der Waals surface area contributed by atoms with Crippen molar-refractivity contribution in [1.29, 1.82) is 0 Å². The first-order valence-electron chi connectivity index (χ1n) is 6.39. The Balaban J connectivity index is 2.61. The summed E-state index contributed by atoms with van der Waals surface area (Å²) in [4.78, 5) is 8.68. The number of hydrogen-bond acceptors (Lipinski definition) is 5. The summed E-state index contributed by atoms with van der Waals surface area (Å²) in [6.45, 7) is 7.48. The quantitative estimate of drug-likeness (QED) is 0.771. The summed E-state index contributed by atoms with van der Waals surface area (Å²) in [5.74, 6) is 1.25. The number of aryl methyl sites for hydroxylation is 1. The number of hydrogen-bond donors (Lipinski definition) is 1. The molecule has 18 heavy (non-hydrogen) atoms. The van der Waals surface area contributed by atoms with Crippen molar-refractivity contribution in [1.82, 2.24) is 9.97 Å². The molecule has 5 heteroatoms. The summed E-state index contributed by atoms with van der Waals surface area (Å²) in [5, 5.41) is 3.25. The van der Waals surface area contributed by atoms with Crippen LogP contribution in [0.25, 0.3) is 0 Å². The van der Waals surface area contributed by atoms with E-state index in [0.717, 1.165) is 25.1 Å². The normalized spacial score (nSPS) is 12.2. The number of ether oxygens (including phenoxy) is 2. The molecule has 0 aromatic carbocycles. The van der Waals surface area contributed by atoms with E-state index in [0.29, 0.717) is 18.4 Å². The van der Waals surface area contributed by atoms with Gasteiger partial charge in [-0.15, -0.1) is 0 Å². The molecule has 0 radical (unpaired) electrons. The summed E-state index contributed by atoms with van der Waals surface area (Å²) in [6, 6.07) is 2.12. The van der Waals surface area contributed by atoms with Crippen molar-refractivity contribution in [3.8, 4) is 5.88 Å². The molecule has 0 amide bonds. The Kier molecular flexibility index (Phi) is 6.43. The van der Waals surface area contributed by atoms with Crippen LogP contribution in [0.2, 0.25) is 0 Å². The van der Waals surface area contributed by atoms with Gasteiger partial charge in [0.25, 0.3) is 0 Å². The van der Waals surface area contributed by atoms with Gasteiger partial charge in [-0.1, -0.05) is 6.92 Å². The van der Waals surface area contributed by atoms with E-state index in [1.165, 1.54) is 0 Å². The van der Waals surface area contributed by atoms with E-state index >= 15 is 0 Å². The van der Waals surface area contributed by atoms with Crippen LogP contribution in [0.4, 0.5) is 5.95 Å². The van der Waals surface area contributed by atoms with Crippen LogP contribution in [0, 0.1) is 6.92 Å². The number of nitrogens with one attached hydrogen (secondary N) is 1. The molecular formula is C13H23N3O2. The molecule has 0 aliphatic heterocycles. The van der Waals surface area contributed by atoms with Gasteiger partial charge in [0.2, 0.25) is 11.8 Å². The summed E-state index contributed by atoms with van der Waals surface area (Å²) in [7, 11) is 1.70. The van der Waals surface area contributed by atoms with E-state index in [4.69, 9.17) is 9.47 Å². The highest BCUT2D eigenvalue weighted by molar-refractivity contribution is 5.31. The van der Waals surface area contributed by atoms with Crippen molar-refractivity contribution >= 4 is 5.95 Å². The molecular weight excluding hydrogens is 230 g/mol. The third-order valence-corrected chi connectivity index (χ3v) is 2.42. The fourth-order valence-corrected chi connectivity index (χ4v) is 1.47. The van der Waals surface area contributed by atoms with Gasteiger partial charge in [0.1, 0.15) is 0 Å². The molecule has 0 saturated carbocycles. The Bertz CT molecular complexity index is 358. The molecule has 0 spiro atoms. The van der Waals surface area contributed by atoms with Gasteiger partial charge < -0.3 is 14.8 Å². The van der Waals surface area contributed by atoms with Crippen molar-refractivity contribution in [2.75, 3.05) is 25.6 Å². The molecule has 0 saturated heterocycles. The van der Waals surface area contributed by atoms with E-state index in [2.05, 4.69) is 29.1 Å². The SMILES string of the molecule is CCCOc1cc(C)nc(NC(C)CCOC)n1. The van der Waals surface area contributed by atoms with Gasteiger partial charge in [-0.2, -0.15) is 4.98 Å². The maximum Gasteiger partial charge on any atom is 0.226 e. The zero-order valence-corrected chi connectivity index (χ0v) is 11.7. The standard InChI is InChI=1S/C13H23N3O2/c1-5-7-18-12-9-11(3)15-13(16-12)14-10(2)6-8-17-4/h9-10H,5-8H2,1-4H3,(H,14,15,16). The zero-order chi connectivity index (χ0) is 13.4. The van der Waals surface area contributed by atoms with Crippen molar-refractivity contribution in [3.63, 3.8) is 0 Å². The van der Waals surface area contributed by atoms with Gasteiger partial charge in [0.15, 0.2) is 0 Å². The highest BCUT2D eigenvalue weighted by Crippen LogP contribution is 2.13. The predicted molar refractivity (Wildman–Crippen MR) is 72.1 cm³/mol. The van der Waals surface area contributed by atoms with Crippen LogP contribution in [0.3, 0.4) is 0 Å². The van der Waals surface area contributed by atoms with E-state index in [9.17, 15) is 0 Å². The molecule has 0 aliphatic rings. The molecule has 1 N–H and O–H groups in total. The first-order valence-corrected chi connectivity index (χ1v) is 6.39. The minimum Gasteiger partial charge on any atom is -0.478 e. The van der Waals surface area contributed by atoms with Crippen molar-refractivity contribution in [3.05, 3.63) is 11.8 Å². The molecule has 1 aromatic heterocycles.